The highest BCUT2D eigenvalue weighted by molar-refractivity contribution is 7.99. The van der Waals surface area contributed by atoms with Gasteiger partial charge in [-0.15, -0.1) is 0 Å². The van der Waals surface area contributed by atoms with E-state index in [4.69, 9.17) is 16.3 Å². The van der Waals surface area contributed by atoms with E-state index in [0.717, 1.165) is 23.4 Å². The molecule has 0 aromatic heterocycles. The zero-order chi connectivity index (χ0) is 19.8. The molecule has 1 heterocycles. The average molecular weight is 419 g/mol. The van der Waals surface area contributed by atoms with Crippen LogP contribution in [0, 0.1) is 0 Å². The molecule has 28 heavy (non-hydrogen) atoms. The van der Waals surface area contributed by atoms with Crippen LogP contribution >= 0.6 is 23.4 Å². The number of hydrazone groups is 1. The average Bonchev–Trinajstić information content (AvgIpc) is 2.71. The Morgan fingerprint density at radius 3 is 2.71 bits per heavy atom. The molecule has 7 heteroatoms. The number of ether oxygens (including phenoxy) is 1. The van der Waals surface area contributed by atoms with Crippen LogP contribution in [-0.4, -0.2) is 43.8 Å². The van der Waals surface area contributed by atoms with E-state index in [9.17, 15) is 4.79 Å². The Morgan fingerprint density at radius 1 is 1.25 bits per heavy atom. The summed E-state index contributed by atoms with van der Waals surface area (Å²) in [5, 5.41) is 4.75. The lowest BCUT2D eigenvalue weighted by Crippen LogP contribution is -3.12. The van der Waals surface area contributed by atoms with Gasteiger partial charge in [-0.05, 0) is 41.5 Å². The van der Waals surface area contributed by atoms with E-state index in [2.05, 4.69) is 16.6 Å². The molecule has 2 aromatic rings. The maximum atomic E-state index is 12.0. The van der Waals surface area contributed by atoms with Crippen LogP contribution in [0.3, 0.4) is 0 Å². The number of hydrogen-bond acceptors (Lipinski definition) is 4. The number of methoxy groups -OCH3 is 1. The Hall–Kier alpha value is -2.02. The molecule has 1 fully saturated rings. The normalized spacial score (nSPS) is 14.9. The number of thioether (sulfide) groups is 1. The van der Waals surface area contributed by atoms with Gasteiger partial charge in [0.1, 0.15) is 12.3 Å². The second kappa shape index (κ2) is 10.5. The van der Waals surface area contributed by atoms with Crippen LogP contribution in [-0.2, 0) is 17.8 Å². The Kier molecular flexibility index (Phi) is 7.77. The van der Waals surface area contributed by atoms with Crippen molar-refractivity contribution in [2.45, 2.75) is 13.0 Å². The molecule has 2 aromatic carbocycles. The third-order valence-corrected chi connectivity index (χ3v) is 5.86. The summed E-state index contributed by atoms with van der Waals surface area (Å²) in [6.45, 7) is 3.29. The predicted molar refractivity (Wildman–Crippen MR) is 116 cm³/mol. The first kappa shape index (κ1) is 20.7. The van der Waals surface area contributed by atoms with Gasteiger partial charge >= 0.3 is 0 Å². The van der Waals surface area contributed by atoms with Crippen LogP contribution in [0.25, 0.3) is 0 Å². The van der Waals surface area contributed by atoms with Gasteiger partial charge in [-0.25, -0.2) is 5.43 Å². The highest BCUT2D eigenvalue weighted by atomic mass is 35.5. The number of rotatable bonds is 7. The van der Waals surface area contributed by atoms with Crippen molar-refractivity contribution in [1.29, 1.82) is 0 Å². The number of hydrogen-bond donors (Lipinski definition) is 2. The van der Waals surface area contributed by atoms with Crippen molar-refractivity contribution in [2.75, 3.05) is 31.7 Å². The maximum absolute atomic E-state index is 12.0. The molecule has 1 aliphatic heterocycles. The summed E-state index contributed by atoms with van der Waals surface area (Å²) < 4.78 is 5.52. The highest BCUT2D eigenvalue weighted by Gasteiger charge is 2.16. The van der Waals surface area contributed by atoms with Crippen molar-refractivity contribution < 1.29 is 14.4 Å². The summed E-state index contributed by atoms with van der Waals surface area (Å²) in [6, 6.07) is 13.2. The molecular weight excluding hydrogens is 394 g/mol. The summed E-state index contributed by atoms with van der Waals surface area (Å²) in [6.07, 6.45) is 1.93. The van der Waals surface area contributed by atoms with E-state index in [1.807, 2.05) is 36.0 Å². The van der Waals surface area contributed by atoms with Crippen LogP contribution in [0.15, 0.2) is 47.6 Å². The Morgan fingerprint density at radius 2 is 2.00 bits per heavy atom. The van der Waals surface area contributed by atoms with Gasteiger partial charge in [-0.1, -0.05) is 23.7 Å². The smallest absolute Gasteiger partial charge is 0.244 e. The number of nitrogens with one attached hydrogen (secondary N) is 2. The molecular formula is C21H25ClN3O2S+. The minimum Gasteiger partial charge on any atom is -0.496 e. The summed E-state index contributed by atoms with van der Waals surface area (Å²) in [4.78, 5) is 13.6. The molecule has 1 amide bonds. The van der Waals surface area contributed by atoms with Crippen molar-refractivity contribution in [3.63, 3.8) is 0 Å². The van der Waals surface area contributed by atoms with Gasteiger partial charge in [0.25, 0.3) is 0 Å². The van der Waals surface area contributed by atoms with Crippen molar-refractivity contribution >= 4 is 35.5 Å². The van der Waals surface area contributed by atoms with E-state index in [0.29, 0.717) is 5.02 Å². The SMILES string of the molecule is COc1ccc(C=NNC(=O)Cc2ccc(Cl)cc2)cc1C[NH+]1CCSCC1. The van der Waals surface area contributed by atoms with Crippen LogP contribution < -0.4 is 15.1 Å². The number of amides is 1. The molecule has 0 radical (unpaired) electrons. The third kappa shape index (κ3) is 6.26. The molecule has 0 aliphatic carbocycles. The number of carbonyl (C=O) groups excluding carboxylic acids is 1. The largest absolute Gasteiger partial charge is 0.496 e. The topological polar surface area (TPSA) is 55.1 Å². The summed E-state index contributed by atoms with van der Waals surface area (Å²) in [5.74, 6) is 3.15. The lowest BCUT2D eigenvalue weighted by atomic mass is 10.1. The molecule has 1 aliphatic rings. The van der Waals surface area contributed by atoms with Crippen LogP contribution in [0.4, 0.5) is 0 Å². The molecule has 0 unspecified atom stereocenters. The highest BCUT2D eigenvalue weighted by Crippen LogP contribution is 2.18. The van der Waals surface area contributed by atoms with Crippen molar-refractivity contribution in [2.24, 2.45) is 5.10 Å². The number of carbonyl (C=O) groups is 1. The van der Waals surface area contributed by atoms with E-state index >= 15 is 0 Å². The standard InChI is InChI=1S/C21H24ClN3O2S/c1-27-20-7-4-17(12-18(20)15-25-8-10-28-11-9-25)14-23-24-21(26)13-16-2-5-19(22)6-3-16/h2-7,12,14H,8-11,13,15H2,1H3,(H,24,26)/p+1. The van der Waals surface area contributed by atoms with Gasteiger partial charge in [-0.2, -0.15) is 16.9 Å². The fourth-order valence-corrected chi connectivity index (χ4v) is 4.33. The molecule has 148 valence electrons. The molecule has 5 nitrogen and oxygen atoms in total. The number of quaternary nitrogens is 1. The van der Waals surface area contributed by atoms with Crippen molar-refractivity contribution in [3.05, 3.63) is 64.2 Å². The van der Waals surface area contributed by atoms with Gasteiger partial charge in [0.2, 0.25) is 5.91 Å². The van der Waals surface area contributed by atoms with Crippen molar-refractivity contribution in [1.82, 2.24) is 5.43 Å². The Bertz CT molecular complexity index is 821. The van der Waals surface area contributed by atoms with Crippen LogP contribution in [0.1, 0.15) is 16.7 Å². The number of halogens is 1. The fraction of sp³-hybridized carbons (Fsp3) is 0.333. The molecule has 0 bridgehead atoms. The van der Waals surface area contributed by atoms with Crippen molar-refractivity contribution in [3.8, 4) is 5.75 Å². The van der Waals surface area contributed by atoms with E-state index in [1.54, 1.807) is 30.4 Å². The minimum absolute atomic E-state index is 0.164. The molecule has 0 saturated carbocycles. The first-order valence-corrected chi connectivity index (χ1v) is 10.8. The van der Waals surface area contributed by atoms with Gasteiger partial charge in [0.05, 0.1) is 32.8 Å². The van der Waals surface area contributed by atoms with E-state index in [1.165, 1.54) is 30.2 Å². The molecule has 2 N–H and O–H groups in total. The van der Waals surface area contributed by atoms with Gasteiger partial charge in [0, 0.05) is 22.1 Å². The Balaban J connectivity index is 1.58. The van der Waals surface area contributed by atoms with Gasteiger partial charge in [-0.3, -0.25) is 4.79 Å². The summed E-state index contributed by atoms with van der Waals surface area (Å²) >= 11 is 7.88. The predicted octanol–water partition coefficient (Wildman–Crippen LogP) is 2.17. The first-order valence-electron chi connectivity index (χ1n) is 9.28. The molecule has 0 atom stereocenters. The van der Waals surface area contributed by atoms with Crippen LogP contribution in [0.5, 0.6) is 5.75 Å². The molecule has 3 rings (SSSR count). The lowest BCUT2D eigenvalue weighted by Gasteiger charge is -2.24. The zero-order valence-electron chi connectivity index (χ0n) is 15.9. The number of benzene rings is 2. The van der Waals surface area contributed by atoms with E-state index in [-0.39, 0.29) is 12.3 Å². The second-order valence-corrected chi connectivity index (χ2v) is 8.37. The van der Waals surface area contributed by atoms with Gasteiger partial charge in [0.15, 0.2) is 0 Å². The maximum Gasteiger partial charge on any atom is 0.244 e. The van der Waals surface area contributed by atoms with Gasteiger partial charge < -0.3 is 9.64 Å². The lowest BCUT2D eigenvalue weighted by molar-refractivity contribution is -0.910. The fourth-order valence-electron chi connectivity index (χ4n) is 3.13. The second-order valence-electron chi connectivity index (χ2n) is 6.71. The quantitative estimate of drug-likeness (QED) is 0.535. The van der Waals surface area contributed by atoms with Crippen LogP contribution in [0.2, 0.25) is 5.02 Å². The monoisotopic (exact) mass is 418 g/mol. The van der Waals surface area contributed by atoms with E-state index < -0.39 is 0 Å². The summed E-state index contributed by atoms with van der Waals surface area (Å²) in [7, 11) is 1.70. The third-order valence-electron chi connectivity index (χ3n) is 4.63. The zero-order valence-corrected chi connectivity index (χ0v) is 17.5. The summed E-state index contributed by atoms with van der Waals surface area (Å²) in [5.41, 5.74) is 5.58. The number of nitrogens with zero attached hydrogens (tertiary/aromatic N) is 1. The first-order chi connectivity index (χ1) is 13.6. The minimum atomic E-state index is -0.164. The molecule has 1 saturated heterocycles. The molecule has 0 spiro atoms. The Labute approximate surface area is 175 Å².